The first-order chi connectivity index (χ1) is 14.7. The molecule has 1 aliphatic heterocycles. The number of halogens is 1. The molecule has 1 N–H and O–H groups in total. The van der Waals surface area contributed by atoms with Crippen molar-refractivity contribution in [3.05, 3.63) is 64.7 Å². The van der Waals surface area contributed by atoms with Crippen molar-refractivity contribution in [2.24, 2.45) is 5.92 Å². The molecule has 0 aromatic heterocycles. The lowest BCUT2D eigenvalue weighted by Crippen LogP contribution is -2.44. The molecule has 160 valence electrons. The minimum absolute atomic E-state index is 0.0276. The van der Waals surface area contributed by atoms with Gasteiger partial charge in [-0.2, -0.15) is 0 Å². The summed E-state index contributed by atoms with van der Waals surface area (Å²) in [6.45, 7) is 3.32. The van der Waals surface area contributed by atoms with Crippen molar-refractivity contribution in [3.63, 3.8) is 0 Å². The molecule has 2 aliphatic rings. The number of amides is 1. The maximum Gasteiger partial charge on any atom is 0.226 e. The lowest BCUT2D eigenvalue weighted by molar-refractivity contribution is -0.140. The number of hydrogen-bond donors (Lipinski definition) is 1. The fraction of sp³-hybridized carbons (Fsp3) is 0.458. The zero-order valence-corrected chi connectivity index (χ0v) is 18.1. The van der Waals surface area contributed by atoms with Crippen LogP contribution in [0.3, 0.4) is 0 Å². The van der Waals surface area contributed by atoms with Crippen LogP contribution in [0.15, 0.2) is 48.5 Å². The summed E-state index contributed by atoms with van der Waals surface area (Å²) in [6, 6.07) is 16.3. The highest BCUT2D eigenvalue weighted by molar-refractivity contribution is 6.31. The third-order valence-electron chi connectivity index (χ3n) is 6.29. The van der Waals surface area contributed by atoms with Gasteiger partial charge in [0, 0.05) is 36.6 Å². The molecule has 5 nitrogen and oxygen atoms in total. The molecule has 3 atom stereocenters. The standard InChI is InChI=1S/C24H29ClN2O3/c1-29-20-8-6-17(7-9-20)21-14-19(26-16-18-4-2-3-5-23(18)25)15-22(21)24(28)27-10-12-30-13-11-27/h2-9,19,21-22,26H,10-16H2,1H3/t19-,21+,22-/m0/s1. The SMILES string of the molecule is COc1ccc([C@H]2C[C@H](NCc3ccccc3Cl)C[C@@H]2C(=O)N2CCOCC2)cc1. The molecule has 0 spiro atoms. The maximum absolute atomic E-state index is 13.4. The van der Waals surface area contributed by atoms with Gasteiger partial charge in [-0.3, -0.25) is 4.79 Å². The fourth-order valence-corrected chi connectivity index (χ4v) is 4.81. The van der Waals surface area contributed by atoms with Gasteiger partial charge in [0.15, 0.2) is 0 Å². The van der Waals surface area contributed by atoms with Gasteiger partial charge in [-0.1, -0.05) is 41.9 Å². The van der Waals surface area contributed by atoms with Crippen LogP contribution in [-0.2, 0) is 16.1 Å². The van der Waals surface area contributed by atoms with Crippen molar-refractivity contribution >= 4 is 17.5 Å². The smallest absolute Gasteiger partial charge is 0.226 e. The Bertz CT molecular complexity index is 852. The molecule has 0 radical (unpaired) electrons. The van der Waals surface area contributed by atoms with Gasteiger partial charge in [0.2, 0.25) is 5.91 Å². The molecule has 1 amide bonds. The Morgan fingerprint density at radius 3 is 2.57 bits per heavy atom. The molecule has 2 aromatic carbocycles. The lowest BCUT2D eigenvalue weighted by Gasteiger charge is -2.31. The van der Waals surface area contributed by atoms with Gasteiger partial charge in [-0.25, -0.2) is 0 Å². The van der Waals surface area contributed by atoms with Crippen LogP contribution < -0.4 is 10.1 Å². The topological polar surface area (TPSA) is 50.8 Å². The Morgan fingerprint density at radius 1 is 1.13 bits per heavy atom. The second-order valence-corrected chi connectivity index (χ2v) is 8.47. The predicted octanol–water partition coefficient (Wildman–Crippen LogP) is 3.86. The number of rotatable bonds is 6. The average molecular weight is 429 g/mol. The first kappa shape index (κ1) is 21.2. The van der Waals surface area contributed by atoms with Crippen LogP contribution in [-0.4, -0.2) is 50.3 Å². The summed E-state index contributed by atoms with van der Waals surface area (Å²) in [5.74, 6) is 1.25. The van der Waals surface area contributed by atoms with Crippen LogP contribution in [0.1, 0.15) is 29.9 Å². The van der Waals surface area contributed by atoms with Crippen LogP contribution in [0.2, 0.25) is 5.02 Å². The first-order valence-corrected chi connectivity index (χ1v) is 11.0. The number of hydrogen-bond acceptors (Lipinski definition) is 4. The molecule has 1 heterocycles. The van der Waals surface area contributed by atoms with Gasteiger partial charge in [-0.05, 0) is 48.1 Å². The molecule has 6 heteroatoms. The normalized spacial score (nSPS) is 24.1. The molecule has 2 fully saturated rings. The van der Waals surface area contributed by atoms with Gasteiger partial charge < -0.3 is 19.7 Å². The van der Waals surface area contributed by atoms with E-state index in [1.54, 1.807) is 7.11 Å². The van der Waals surface area contributed by atoms with Crippen molar-refractivity contribution in [1.29, 1.82) is 0 Å². The van der Waals surface area contributed by atoms with Crippen LogP contribution >= 0.6 is 11.6 Å². The van der Waals surface area contributed by atoms with E-state index in [1.807, 2.05) is 41.3 Å². The summed E-state index contributed by atoms with van der Waals surface area (Å²) >= 11 is 6.32. The van der Waals surface area contributed by atoms with Gasteiger partial charge in [0.1, 0.15) is 5.75 Å². The van der Waals surface area contributed by atoms with E-state index >= 15 is 0 Å². The molecule has 1 saturated heterocycles. The van der Waals surface area contributed by atoms with Gasteiger partial charge >= 0.3 is 0 Å². The monoisotopic (exact) mass is 428 g/mol. The summed E-state index contributed by atoms with van der Waals surface area (Å²) in [5, 5.41) is 4.42. The van der Waals surface area contributed by atoms with Crippen LogP contribution in [0.5, 0.6) is 5.75 Å². The molecule has 2 aromatic rings. The molecule has 0 bridgehead atoms. The molecule has 1 aliphatic carbocycles. The minimum Gasteiger partial charge on any atom is -0.497 e. The average Bonchev–Trinajstić information content (AvgIpc) is 3.23. The van der Waals surface area contributed by atoms with E-state index in [0.717, 1.165) is 29.2 Å². The summed E-state index contributed by atoms with van der Waals surface area (Å²) in [4.78, 5) is 15.4. The molecular formula is C24H29ClN2O3. The summed E-state index contributed by atoms with van der Waals surface area (Å²) < 4.78 is 10.7. The molecule has 4 rings (SSSR count). The van der Waals surface area contributed by atoms with Gasteiger partial charge in [-0.15, -0.1) is 0 Å². The quantitative estimate of drug-likeness (QED) is 0.759. The number of nitrogens with one attached hydrogen (secondary N) is 1. The number of nitrogens with zero attached hydrogens (tertiary/aromatic N) is 1. The predicted molar refractivity (Wildman–Crippen MR) is 118 cm³/mol. The van der Waals surface area contributed by atoms with E-state index in [1.165, 1.54) is 5.56 Å². The Kier molecular flexibility index (Phi) is 6.93. The van der Waals surface area contributed by atoms with Crippen molar-refractivity contribution in [3.8, 4) is 5.75 Å². The second kappa shape index (κ2) is 9.82. The minimum atomic E-state index is -0.0276. The zero-order chi connectivity index (χ0) is 20.9. The third-order valence-corrected chi connectivity index (χ3v) is 6.65. The van der Waals surface area contributed by atoms with Crippen LogP contribution in [0.4, 0.5) is 0 Å². The molecule has 1 saturated carbocycles. The summed E-state index contributed by atoms with van der Waals surface area (Å²) in [6.07, 6.45) is 1.76. The third kappa shape index (κ3) is 4.80. The Balaban J connectivity index is 1.50. The van der Waals surface area contributed by atoms with Crippen LogP contribution in [0, 0.1) is 5.92 Å². The highest BCUT2D eigenvalue weighted by atomic mass is 35.5. The highest BCUT2D eigenvalue weighted by Gasteiger charge is 2.41. The van der Waals surface area contributed by atoms with Gasteiger partial charge in [0.05, 0.1) is 20.3 Å². The van der Waals surface area contributed by atoms with Gasteiger partial charge in [0.25, 0.3) is 0 Å². The zero-order valence-electron chi connectivity index (χ0n) is 17.4. The van der Waals surface area contributed by atoms with Crippen molar-refractivity contribution < 1.29 is 14.3 Å². The number of ether oxygens (including phenoxy) is 2. The Morgan fingerprint density at radius 2 is 1.87 bits per heavy atom. The van der Waals surface area contributed by atoms with Crippen molar-refractivity contribution in [2.75, 3.05) is 33.4 Å². The van der Waals surface area contributed by atoms with E-state index in [2.05, 4.69) is 17.4 Å². The second-order valence-electron chi connectivity index (χ2n) is 8.06. The number of benzene rings is 2. The van der Waals surface area contributed by atoms with Crippen molar-refractivity contribution in [2.45, 2.75) is 31.3 Å². The first-order valence-electron chi connectivity index (χ1n) is 10.6. The summed E-state index contributed by atoms with van der Waals surface area (Å²) in [7, 11) is 1.67. The highest BCUT2D eigenvalue weighted by Crippen LogP contribution is 2.41. The van der Waals surface area contributed by atoms with E-state index < -0.39 is 0 Å². The van der Waals surface area contributed by atoms with Crippen molar-refractivity contribution in [1.82, 2.24) is 10.2 Å². The molecule has 30 heavy (non-hydrogen) atoms. The Labute approximate surface area is 183 Å². The van der Waals surface area contributed by atoms with Crippen LogP contribution in [0.25, 0.3) is 0 Å². The maximum atomic E-state index is 13.4. The van der Waals surface area contributed by atoms with E-state index in [4.69, 9.17) is 21.1 Å². The van der Waals surface area contributed by atoms with E-state index in [0.29, 0.717) is 32.8 Å². The summed E-state index contributed by atoms with van der Waals surface area (Å²) in [5.41, 5.74) is 2.28. The number of methoxy groups -OCH3 is 1. The Hall–Kier alpha value is -2.08. The number of carbonyl (C=O) groups is 1. The number of morpholine rings is 1. The molecular weight excluding hydrogens is 400 g/mol. The number of carbonyl (C=O) groups excluding carboxylic acids is 1. The lowest BCUT2D eigenvalue weighted by atomic mass is 9.88. The fourth-order valence-electron chi connectivity index (χ4n) is 4.61. The van der Waals surface area contributed by atoms with E-state index in [-0.39, 0.29) is 23.8 Å². The van der Waals surface area contributed by atoms with E-state index in [9.17, 15) is 4.79 Å². The largest absolute Gasteiger partial charge is 0.497 e. The molecule has 0 unspecified atom stereocenters.